The molecule has 0 bridgehead atoms. The van der Waals surface area contributed by atoms with Crippen molar-refractivity contribution in [2.75, 3.05) is 45.9 Å². The minimum absolute atomic E-state index is 0. The number of halogens is 1. The number of nitrogens with two attached hydrogens (primary N) is 1. The molecule has 3 aliphatic rings. The van der Waals surface area contributed by atoms with Gasteiger partial charge in [-0.25, -0.2) is 0 Å². The van der Waals surface area contributed by atoms with Gasteiger partial charge in [0.05, 0.1) is 12.7 Å². The first-order valence-electron chi connectivity index (χ1n) is 8.46. The Hall–Kier alpha value is -0.400. The molecule has 134 valence electrons. The third kappa shape index (κ3) is 2.78. The summed E-state index contributed by atoms with van der Waals surface area (Å²) in [5.74, 6) is 0.243. The van der Waals surface area contributed by atoms with Crippen molar-refractivity contribution in [2.45, 2.75) is 38.3 Å². The molecule has 3 unspecified atom stereocenters. The van der Waals surface area contributed by atoms with Gasteiger partial charge >= 0.3 is 0 Å². The first-order chi connectivity index (χ1) is 10.4. The van der Waals surface area contributed by atoms with E-state index in [2.05, 4.69) is 18.7 Å². The first-order valence-corrected chi connectivity index (χ1v) is 8.46. The van der Waals surface area contributed by atoms with Gasteiger partial charge in [0.25, 0.3) is 0 Å². The van der Waals surface area contributed by atoms with Crippen LogP contribution < -0.4 is 5.73 Å². The standard InChI is InChI=1S/C16H29N3O3.ClH/c1-15(2)13-12(4-3-11-22-13)16(15,17)14(21)19-7-5-18(6-8-19)9-10-20;/h12-13,20H,3-11,17H2,1-2H3;1H. The number of piperazine rings is 1. The second-order valence-electron chi connectivity index (χ2n) is 7.49. The number of rotatable bonds is 3. The molecule has 2 saturated heterocycles. The Bertz CT molecular complexity index is 440. The summed E-state index contributed by atoms with van der Waals surface area (Å²) in [6.07, 6.45) is 2.10. The maximum atomic E-state index is 13.1. The van der Waals surface area contributed by atoms with Crippen LogP contribution in [0.3, 0.4) is 0 Å². The number of hydrogen-bond acceptors (Lipinski definition) is 5. The van der Waals surface area contributed by atoms with Gasteiger partial charge in [-0.15, -0.1) is 12.4 Å². The molecule has 3 rings (SSSR count). The highest BCUT2D eigenvalue weighted by Crippen LogP contribution is 2.57. The summed E-state index contributed by atoms with van der Waals surface area (Å²) in [7, 11) is 0. The number of ether oxygens (including phenoxy) is 1. The van der Waals surface area contributed by atoms with E-state index in [4.69, 9.17) is 15.6 Å². The normalized spacial score (nSPS) is 36.6. The van der Waals surface area contributed by atoms with E-state index < -0.39 is 5.54 Å². The second-order valence-corrected chi connectivity index (χ2v) is 7.49. The van der Waals surface area contributed by atoms with Gasteiger partial charge in [0.1, 0.15) is 5.54 Å². The predicted octanol–water partition coefficient (Wildman–Crippen LogP) is 0.0772. The van der Waals surface area contributed by atoms with Gasteiger partial charge in [-0.3, -0.25) is 9.69 Å². The quantitative estimate of drug-likeness (QED) is 0.755. The molecule has 1 saturated carbocycles. The van der Waals surface area contributed by atoms with E-state index in [1.165, 1.54) is 0 Å². The summed E-state index contributed by atoms with van der Waals surface area (Å²) in [4.78, 5) is 17.2. The summed E-state index contributed by atoms with van der Waals surface area (Å²) in [6.45, 7) is 8.80. The zero-order chi connectivity index (χ0) is 16.0. The molecule has 0 spiro atoms. The number of aliphatic hydroxyl groups excluding tert-OH is 1. The lowest BCUT2D eigenvalue weighted by Crippen LogP contribution is -2.82. The molecule has 6 nitrogen and oxygen atoms in total. The molecule has 1 amide bonds. The molecule has 2 aliphatic heterocycles. The van der Waals surface area contributed by atoms with Gasteiger partial charge in [-0.05, 0) is 12.8 Å². The van der Waals surface area contributed by atoms with E-state index >= 15 is 0 Å². The molecular weight excluding hydrogens is 318 g/mol. The van der Waals surface area contributed by atoms with Crippen LogP contribution in [0.4, 0.5) is 0 Å². The first kappa shape index (κ1) is 18.9. The molecule has 23 heavy (non-hydrogen) atoms. The number of amides is 1. The number of carbonyl (C=O) groups excluding carboxylic acids is 1. The van der Waals surface area contributed by atoms with E-state index in [1.807, 2.05) is 4.90 Å². The van der Waals surface area contributed by atoms with Crippen LogP contribution in [0.25, 0.3) is 0 Å². The molecule has 3 atom stereocenters. The van der Waals surface area contributed by atoms with Crippen LogP contribution in [-0.4, -0.2) is 78.4 Å². The van der Waals surface area contributed by atoms with Crippen molar-refractivity contribution >= 4 is 18.3 Å². The Morgan fingerprint density at radius 3 is 2.57 bits per heavy atom. The van der Waals surface area contributed by atoms with Gasteiger partial charge < -0.3 is 20.5 Å². The van der Waals surface area contributed by atoms with Crippen molar-refractivity contribution in [2.24, 2.45) is 17.1 Å². The Kier molecular flexibility index (Phi) is 5.63. The highest BCUT2D eigenvalue weighted by molar-refractivity contribution is 5.89. The van der Waals surface area contributed by atoms with Crippen LogP contribution >= 0.6 is 12.4 Å². The molecule has 2 heterocycles. The number of hydrogen-bond donors (Lipinski definition) is 2. The van der Waals surface area contributed by atoms with Crippen molar-refractivity contribution in [3.8, 4) is 0 Å². The number of carbonyl (C=O) groups is 1. The molecule has 0 radical (unpaired) electrons. The van der Waals surface area contributed by atoms with E-state index in [0.717, 1.165) is 32.5 Å². The van der Waals surface area contributed by atoms with Gasteiger partial charge in [0, 0.05) is 50.7 Å². The van der Waals surface area contributed by atoms with Crippen LogP contribution in [0.15, 0.2) is 0 Å². The minimum atomic E-state index is -0.794. The minimum Gasteiger partial charge on any atom is -0.395 e. The fourth-order valence-electron chi connectivity index (χ4n) is 4.59. The van der Waals surface area contributed by atoms with E-state index in [9.17, 15) is 4.79 Å². The monoisotopic (exact) mass is 347 g/mol. The number of aliphatic hydroxyl groups is 1. The summed E-state index contributed by atoms with van der Waals surface area (Å²) in [5, 5.41) is 9.01. The number of nitrogens with zero attached hydrogens (tertiary/aromatic N) is 2. The maximum absolute atomic E-state index is 13.1. The molecule has 7 heteroatoms. The maximum Gasteiger partial charge on any atom is 0.243 e. The van der Waals surface area contributed by atoms with Gasteiger partial charge in [-0.2, -0.15) is 0 Å². The Labute approximate surface area is 144 Å². The third-order valence-corrected chi connectivity index (χ3v) is 6.11. The average molecular weight is 348 g/mol. The molecule has 0 aromatic heterocycles. The average Bonchev–Trinajstić information content (AvgIpc) is 2.54. The van der Waals surface area contributed by atoms with E-state index in [0.29, 0.717) is 19.6 Å². The molecule has 1 aliphatic carbocycles. The van der Waals surface area contributed by atoms with E-state index in [-0.39, 0.29) is 42.4 Å². The molecule has 0 aromatic rings. The highest BCUT2D eigenvalue weighted by atomic mass is 35.5. The number of β-amino-alcohol motifs (C(OH)–C–C–N with tert-alkyl or cyclic N) is 1. The van der Waals surface area contributed by atoms with Crippen molar-refractivity contribution in [3.63, 3.8) is 0 Å². The fourth-order valence-corrected chi connectivity index (χ4v) is 4.59. The predicted molar refractivity (Wildman–Crippen MR) is 90.5 cm³/mol. The lowest BCUT2D eigenvalue weighted by Gasteiger charge is -2.66. The lowest BCUT2D eigenvalue weighted by atomic mass is 9.46. The zero-order valence-electron chi connectivity index (χ0n) is 14.2. The topological polar surface area (TPSA) is 79.0 Å². The Balaban J connectivity index is 0.00000192. The SMILES string of the molecule is CC1(C)C2OCCCC2C1(N)C(=O)N1CCN(CCO)CC1.Cl. The van der Waals surface area contributed by atoms with Crippen LogP contribution in [0.1, 0.15) is 26.7 Å². The van der Waals surface area contributed by atoms with Gasteiger partial charge in [-0.1, -0.05) is 13.8 Å². The smallest absolute Gasteiger partial charge is 0.243 e. The summed E-state index contributed by atoms with van der Waals surface area (Å²) in [6, 6.07) is 0. The third-order valence-electron chi connectivity index (χ3n) is 6.11. The largest absolute Gasteiger partial charge is 0.395 e. The molecular formula is C16H30ClN3O3. The summed E-state index contributed by atoms with van der Waals surface area (Å²) < 4.78 is 5.89. The van der Waals surface area contributed by atoms with Crippen molar-refractivity contribution in [1.29, 1.82) is 0 Å². The zero-order valence-corrected chi connectivity index (χ0v) is 15.0. The van der Waals surface area contributed by atoms with Gasteiger partial charge in [0.15, 0.2) is 0 Å². The van der Waals surface area contributed by atoms with Crippen LogP contribution in [0, 0.1) is 11.3 Å². The van der Waals surface area contributed by atoms with Crippen LogP contribution in [-0.2, 0) is 9.53 Å². The van der Waals surface area contributed by atoms with E-state index in [1.54, 1.807) is 0 Å². The van der Waals surface area contributed by atoms with Crippen LogP contribution in [0.5, 0.6) is 0 Å². The van der Waals surface area contributed by atoms with Crippen LogP contribution in [0.2, 0.25) is 0 Å². The Morgan fingerprint density at radius 2 is 1.96 bits per heavy atom. The Morgan fingerprint density at radius 1 is 1.30 bits per heavy atom. The second kappa shape index (κ2) is 6.84. The van der Waals surface area contributed by atoms with Crippen molar-refractivity contribution in [1.82, 2.24) is 9.80 Å². The fraction of sp³-hybridized carbons (Fsp3) is 0.938. The molecule has 3 fully saturated rings. The van der Waals surface area contributed by atoms with Crippen molar-refractivity contribution in [3.05, 3.63) is 0 Å². The number of fused-ring (bicyclic) bond motifs is 1. The van der Waals surface area contributed by atoms with Crippen molar-refractivity contribution < 1.29 is 14.6 Å². The highest BCUT2D eigenvalue weighted by Gasteiger charge is 2.70. The molecule has 0 aromatic carbocycles. The lowest BCUT2D eigenvalue weighted by molar-refractivity contribution is -0.230. The summed E-state index contributed by atoms with van der Waals surface area (Å²) >= 11 is 0. The molecule has 3 N–H and O–H groups in total. The van der Waals surface area contributed by atoms with Gasteiger partial charge in [0.2, 0.25) is 5.91 Å². The summed E-state index contributed by atoms with van der Waals surface area (Å²) in [5.41, 5.74) is 5.58.